The Morgan fingerprint density at radius 1 is 1.17 bits per heavy atom. The molecule has 1 aliphatic rings. The quantitative estimate of drug-likeness (QED) is 0.917. The van der Waals surface area contributed by atoms with Crippen molar-refractivity contribution in [2.75, 3.05) is 13.2 Å². The molecule has 121 valence electrons. The molecule has 3 rings (SSSR count). The van der Waals surface area contributed by atoms with Crippen molar-refractivity contribution in [3.05, 3.63) is 53.1 Å². The molecule has 23 heavy (non-hydrogen) atoms. The van der Waals surface area contributed by atoms with Crippen molar-refractivity contribution in [3.63, 3.8) is 0 Å². The van der Waals surface area contributed by atoms with Crippen molar-refractivity contribution < 1.29 is 18.3 Å². The van der Waals surface area contributed by atoms with Crippen molar-refractivity contribution >= 4 is 21.6 Å². The third kappa shape index (κ3) is 3.44. The molecule has 1 unspecified atom stereocenters. The Labute approximate surface area is 139 Å². The average molecular weight is 353 g/mol. The van der Waals surface area contributed by atoms with Gasteiger partial charge in [-0.3, -0.25) is 5.11 Å². The Balaban J connectivity index is 1.77. The first-order chi connectivity index (χ1) is 11.0. The molecule has 0 spiro atoms. The van der Waals surface area contributed by atoms with Crippen LogP contribution >= 0.6 is 11.6 Å². The number of hydrogen-bond acceptors (Lipinski definition) is 3. The Hall–Kier alpha value is -1.76. The lowest BCUT2D eigenvalue weighted by molar-refractivity contribution is 0.240. The lowest BCUT2D eigenvalue weighted by Crippen LogP contribution is -2.30. The monoisotopic (exact) mass is 352 g/mol. The van der Waals surface area contributed by atoms with E-state index in [1.807, 2.05) is 0 Å². The third-order valence-corrected chi connectivity index (χ3v) is 5.50. The van der Waals surface area contributed by atoms with Crippen LogP contribution in [0.5, 0.6) is 11.5 Å². The van der Waals surface area contributed by atoms with Gasteiger partial charge in [-0.2, -0.15) is 0 Å². The maximum atomic E-state index is 12.3. The van der Waals surface area contributed by atoms with E-state index in [0.29, 0.717) is 23.8 Å². The Bertz CT molecular complexity index is 805. The van der Waals surface area contributed by atoms with Crippen molar-refractivity contribution in [2.45, 2.75) is 17.2 Å². The summed E-state index contributed by atoms with van der Waals surface area (Å²) in [7, 11) is -3.62. The molecule has 0 saturated carbocycles. The minimum Gasteiger partial charge on any atom is -0.489 e. The van der Waals surface area contributed by atoms with Crippen LogP contribution in [0.1, 0.15) is 17.9 Å². The molecule has 1 heterocycles. The fourth-order valence-electron chi connectivity index (χ4n) is 2.59. The number of hydrogen-bond donors (Lipinski definition) is 1. The van der Waals surface area contributed by atoms with E-state index in [9.17, 15) is 13.5 Å². The predicted molar refractivity (Wildman–Crippen MR) is 86.1 cm³/mol. The van der Waals surface area contributed by atoms with Gasteiger partial charge >= 0.3 is 0 Å². The highest BCUT2D eigenvalue weighted by Crippen LogP contribution is 2.39. The van der Waals surface area contributed by atoms with Crippen molar-refractivity contribution in [2.24, 2.45) is 0 Å². The lowest BCUT2D eigenvalue weighted by Gasteiger charge is -2.26. The van der Waals surface area contributed by atoms with Gasteiger partial charge in [0.25, 0.3) is 0 Å². The number of para-hydroxylation sites is 1. The summed E-state index contributed by atoms with van der Waals surface area (Å²) in [6.45, 7) is 0.615. The van der Waals surface area contributed by atoms with Crippen molar-refractivity contribution in [1.29, 1.82) is 0 Å². The number of benzene rings is 2. The normalized spacial score (nSPS) is 17.3. The lowest BCUT2D eigenvalue weighted by atomic mass is 9.93. The van der Waals surface area contributed by atoms with E-state index in [4.69, 9.17) is 16.3 Å². The number of rotatable bonds is 4. The smallest absolute Gasteiger partial charge is 0.240 e. The van der Waals surface area contributed by atoms with Crippen LogP contribution in [-0.2, 0) is 15.1 Å². The zero-order valence-corrected chi connectivity index (χ0v) is 13.7. The van der Waals surface area contributed by atoms with Gasteiger partial charge in [-0.1, -0.05) is 23.7 Å². The molecule has 1 atom stereocenters. The molecule has 2 aromatic rings. The molecule has 0 saturated heterocycles. The predicted octanol–water partition coefficient (Wildman–Crippen LogP) is 3.33. The number of ether oxygens (including phenoxy) is 1. The summed E-state index contributed by atoms with van der Waals surface area (Å²) in [4.78, 5) is 0.159. The van der Waals surface area contributed by atoms with Crippen molar-refractivity contribution in [3.8, 4) is 11.5 Å². The molecule has 1 N–H and O–H groups in total. The second kappa shape index (κ2) is 6.39. The van der Waals surface area contributed by atoms with Crippen LogP contribution in [0.15, 0.2) is 47.4 Å². The summed E-state index contributed by atoms with van der Waals surface area (Å²) in [5, 5.41) is 12.3. The van der Waals surface area contributed by atoms with Gasteiger partial charge in [0.2, 0.25) is 15.8 Å². The van der Waals surface area contributed by atoms with Crippen LogP contribution in [0.4, 0.5) is 0 Å². The fourth-order valence-corrected chi connectivity index (χ4v) is 3.79. The van der Waals surface area contributed by atoms with Crippen LogP contribution < -0.4 is 9.46 Å². The number of halogens is 1. The van der Waals surface area contributed by atoms with Gasteiger partial charge in [-0.05, 0) is 36.8 Å². The minimum absolute atomic E-state index is 0.0882. The summed E-state index contributed by atoms with van der Waals surface area (Å²) in [6.07, 6.45) is 0.652. The van der Waals surface area contributed by atoms with E-state index < -0.39 is 10.0 Å². The zero-order valence-electron chi connectivity index (χ0n) is 12.2. The molecule has 0 amide bonds. The molecule has 5 nitrogen and oxygen atoms in total. The largest absolute Gasteiger partial charge is 0.489 e. The first kappa shape index (κ1) is 16.1. The highest BCUT2D eigenvalue weighted by Gasteiger charge is 2.26. The highest BCUT2D eigenvalue weighted by molar-refractivity contribution is 7.89. The average Bonchev–Trinajstić information content (AvgIpc) is 2.54. The van der Waals surface area contributed by atoms with E-state index >= 15 is 0 Å². The maximum absolute atomic E-state index is 12.3. The second-order valence-electron chi connectivity index (χ2n) is 5.31. The molecule has 0 aromatic heterocycles. The molecule has 0 aliphatic carbocycles. The molecule has 0 bridgehead atoms. The van der Waals surface area contributed by atoms with Gasteiger partial charge in [-0.15, -0.1) is 0 Å². The van der Waals surface area contributed by atoms with E-state index in [-0.39, 0.29) is 23.1 Å². The van der Waals surface area contributed by atoms with Crippen LogP contribution in [0.25, 0.3) is 0 Å². The summed E-state index contributed by atoms with van der Waals surface area (Å²) < 4.78 is 32.6. The van der Waals surface area contributed by atoms with E-state index in [2.05, 4.69) is 4.72 Å². The summed E-state index contributed by atoms with van der Waals surface area (Å²) >= 11 is 5.77. The summed E-state index contributed by atoms with van der Waals surface area (Å²) in [6, 6.07) is 10.9. The van der Waals surface area contributed by atoms with Gasteiger partial charge in [0.1, 0.15) is 0 Å². The Morgan fingerprint density at radius 2 is 1.91 bits per heavy atom. The van der Waals surface area contributed by atoms with E-state index in [1.54, 1.807) is 12.1 Å². The SMILES string of the molecule is [O]c1cccc2c1OCCC2CNS(=O)(=O)c1ccc(Cl)cc1. The van der Waals surface area contributed by atoms with Gasteiger partial charge in [-0.25, -0.2) is 13.1 Å². The maximum Gasteiger partial charge on any atom is 0.240 e. The molecular formula is C16H15ClNO4S. The number of sulfonamides is 1. The first-order valence-electron chi connectivity index (χ1n) is 7.15. The number of nitrogens with one attached hydrogen (secondary N) is 1. The zero-order chi connectivity index (χ0) is 16.4. The van der Waals surface area contributed by atoms with Gasteiger partial charge in [0.15, 0.2) is 5.75 Å². The van der Waals surface area contributed by atoms with Crippen LogP contribution in [0.2, 0.25) is 5.02 Å². The van der Waals surface area contributed by atoms with E-state index in [1.165, 1.54) is 30.3 Å². The Morgan fingerprint density at radius 3 is 2.65 bits per heavy atom. The summed E-state index contributed by atoms with van der Waals surface area (Å²) in [5.41, 5.74) is 0.752. The topological polar surface area (TPSA) is 75.3 Å². The van der Waals surface area contributed by atoms with Gasteiger partial charge in [0.05, 0.1) is 11.5 Å². The molecule has 2 aromatic carbocycles. The molecular weight excluding hydrogens is 338 g/mol. The van der Waals surface area contributed by atoms with E-state index in [0.717, 1.165) is 5.56 Å². The highest BCUT2D eigenvalue weighted by atomic mass is 35.5. The van der Waals surface area contributed by atoms with Crippen LogP contribution in [-0.4, -0.2) is 21.6 Å². The van der Waals surface area contributed by atoms with Crippen LogP contribution in [0.3, 0.4) is 0 Å². The minimum atomic E-state index is -3.62. The van der Waals surface area contributed by atoms with Gasteiger partial charge in [0, 0.05) is 23.0 Å². The molecule has 7 heteroatoms. The third-order valence-electron chi connectivity index (χ3n) is 3.81. The fraction of sp³-hybridized carbons (Fsp3) is 0.250. The number of fused-ring (bicyclic) bond motifs is 1. The first-order valence-corrected chi connectivity index (χ1v) is 9.01. The van der Waals surface area contributed by atoms with Crippen LogP contribution in [0, 0.1) is 0 Å². The van der Waals surface area contributed by atoms with Gasteiger partial charge < -0.3 is 4.74 Å². The molecule has 0 fully saturated rings. The second-order valence-corrected chi connectivity index (χ2v) is 7.52. The molecule has 1 radical (unpaired) electrons. The molecule has 1 aliphatic heterocycles. The Kier molecular flexibility index (Phi) is 4.48. The van der Waals surface area contributed by atoms with Crippen molar-refractivity contribution in [1.82, 2.24) is 4.72 Å². The standard InChI is InChI=1S/C16H15ClNO4S/c17-12-4-6-13(7-5-12)23(20,21)18-10-11-8-9-22-16-14(11)2-1-3-15(16)19/h1-7,11,18H,8-10H2. The summed E-state index contributed by atoms with van der Waals surface area (Å²) in [5.74, 6) is 0.0666.